The number of ketones is 1. The predicted molar refractivity (Wildman–Crippen MR) is 74.0 cm³/mol. The summed E-state index contributed by atoms with van der Waals surface area (Å²) in [7, 11) is 0. The minimum atomic E-state index is -0.403. The molecule has 0 unspecified atom stereocenters. The molecule has 2 nitrogen and oxygen atoms in total. The molecule has 0 saturated carbocycles. The van der Waals surface area contributed by atoms with E-state index in [4.69, 9.17) is 4.42 Å². The van der Waals surface area contributed by atoms with Crippen LogP contribution in [0.15, 0.2) is 28.7 Å². The smallest absolute Gasteiger partial charge is 0.203 e. The van der Waals surface area contributed by atoms with Crippen LogP contribution < -0.4 is 0 Å². The van der Waals surface area contributed by atoms with Gasteiger partial charge in [-0.05, 0) is 30.2 Å². The molecule has 1 aromatic carbocycles. The zero-order valence-corrected chi connectivity index (χ0v) is 11.5. The van der Waals surface area contributed by atoms with Crippen molar-refractivity contribution in [1.29, 1.82) is 0 Å². The van der Waals surface area contributed by atoms with Gasteiger partial charge >= 0.3 is 0 Å². The van der Waals surface area contributed by atoms with Gasteiger partial charge in [0.25, 0.3) is 0 Å². The molecule has 1 heterocycles. The lowest BCUT2D eigenvalue weighted by molar-refractivity contribution is 0.0831. The number of hydrogen-bond donors (Lipinski definition) is 0. The lowest BCUT2D eigenvalue weighted by atomic mass is 9.89. The average Bonchev–Trinajstić information content (AvgIpc) is 2.70. The number of aryl methyl sites for hydroxylation is 1. The normalized spacial score (nSPS) is 12.0. The van der Waals surface area contributed by atoms with Gasteiger partial charge in [0.15, 0.2) is 5.76 Å². The van der Waals surface area contributed by atoms with Crippen LogP contribution in [0.5, 0.6) is 0 Å². The Balaban J connectivity index is 2.41. The Morgan fingerprint density at radius 2 is 1.94 bits per heavy atom. The largest absolute Gasteiger partial charge is 0.453 e. The molecule has 0 bridgehead atoms. The standard InChI is InChI=1S/C16H20O2/c1-5-6-11-7-8-13-12(9-11)10-14(18-13)15(17)16(2,3)4/h7-10H,5-6H2,1-4H3. The number of benzene rings is 1. The second kappa shape index (κ2) is 4.60. The van der Waals surface area contributed by atoms with E-state index in [1.807, 2.05) is 32.9 Å². The van der Waals surface area contributed by atoms with Crippen LogP contribution >= 0.6 is 0 Å². The maximum absolute atomic E-state index is 12.2. The Morgan fingerprint density at radius 1 is 1.22 bits per heavy atom. The highest BCUT2D eigenvalue weighted by Crippen LogP contribution is 2.27. The number of carbonyl (C=O) groups excluding carboxylic acids is 1. The van der Waals surface area contributed by atoms with E-state index in [9.17, 15) is 4.79 Å². The number of carbonyl (C=O) groups is 1. The van der Waals surface area contributed by atoms with Crippen LogP contribution in [0, 0.1) is 5.41 Å². The van der Waals surface area contributed by atoms with Crippen molar-refractivity contribution in [2.24, 2.45) is 5.41 Å². The predicted octanol–water partition coefficient (Wildman–Crippen LogP) is 4.61. The fourth-order valence-corrected chi connectivity index (χ4v) is 2.02. The minimum absolute atomic E-state index is 0.0516. The number of hydrogen-bond acceptors (Lipinski definition) is 2. The van der Waals surface area contributed by atoms with E-state index in [0.29, 0.717) is 5.76 Å². The fourth-order valence-electron chi connectivity index (χ4n) is 2.02. The third kappa shape index (κ3) is 2.47. The Bertz CT molecular complexity index is 570. The summed E-state index contributed by atoms with van der Waals surface area (Å²) in [6.07, 6.45) is 2.18. The van der Waals surface area contributed by atoms with E-state index in [1.54, 1.807) is 0 Å². The van der Waals surface area contributed by atoms with Gasteiger partial charge in [0.1, 0.15) is 5.58 Å². The van der Waals surface area contributed by atoms with Gasteiger partial charge in [-0.25, -0.2) is 0 Å². The van der Waals surface area contributed by atoms with E-state index in [2.05, 4.69) is 19.1 Å². The molecule has 2 aromatic rings. The molecule has 0 amide bonds. The van der Waals surface area contributed by atoms with Crippen LogP contribution in [0.1, 0.15) is 50.2 Å². The molecule has 2 rings (SSSR count). The zero-order valence-electron chi connectivity index (χ0n) is 11.5. The van der Waals surface area contributed by atoms with Crippen molar-refractivity contribution in [2.45, 2.75) is 40.5 Å². The van der Waals surface area contributed by atoms with Crippen molar-refractivity contribution >= 4 is 16.8 Å². The Kier molecular flexibility index (Phi) is 3.29. The van der Waals surface area contributed by atoms with Crippen molar-refractivity contribution in [3.8, 4) is 0 Å². The topological polar surface area (TPSA) is 30.2 Å². The van der Waals surface area contributed by atoms with Gasteiger partial charge in [0, 0.05) is 10.8 Å². The number of fused-ring (bicyclic) bond motifs is 1. The second-order valence-electron chi connectivity index (χ2n) is 5.81. The molecule has 0 aliphatic carbocycles. The van der Waals surface area contributed by atoms with Crippen LogP contribution in [0.25, 0.3) is 11.0 Å². The van der Waals surface area contributed by atoms with Crippen LogP contribution in [0.2, 0.25) is 0 Å². The molecule has 96 valence electrons. The molecule has 0 aliphatic heterocycles. The highest BCUT2D eigenvalue weighted by molar-refractivity contribution is 6.00. The minimum Gasteiger partial charge on any atom is -0.453 e. The molecule has 0 radical (unpaired) electrons. The van der Waals surface area contributed by atoms with Gasteiger partial charge in [-0.15, -0.1) is 0 Å². The van der Waals surface area contributed by atoms with Gasteiger partial charge in [-0.2, -0.15) is 0 Å². The van der Waals surface area contributed by atoms with Crippen molar-refractivity contribution in [2.75, 3.05) is 0 Å². The molecule has 0 fully saturated rings. The number of rotatable bonds is 3. The van der Waals surface area contributed by atoms with Gasteiger partial charge in [-0.3, -0.25) is 4.79 Å². The van der Waals surface area contributed by atoms with Gasteiger partial charge in [-0.1, -0.05) is 40.2 Å². The Morgan fingerprint density at radius 3 is 2.56 bits per heavy atom. The molecule has 1 aromatic heterocycles. The average molecular weight is 244 g/mol. The number of Topliss-reactive ketones (excluding diaryl/α,β-unsaturated/α-hetero) is 1. The Labute approximate surface area is 108 Å². The summed E-state index contributed by atoms with van der Waals surface area (Å²) in [6, 6.07) is 8.00. The first-order valence-electron chi connectivity index (χ1n) is 6.49. The van der Waals surface area contributed by atoms with E-state index >= 15 is 0 Å². The monoisotopic (exact) mass is 244 g/mol. The van der Waals surface area contributed by atoms with E-state index in [0.717, 1.165) is 23.8 Å². The van der Waals surface area contributed by atoms with Crippen LogP contribution in [0.3, 0.4) is 0 Å². The quantitative estimate of drug-likeness (QED) is 0.738. The molecule has 18 heavy (non-hydrogen) atoms. The van der Waals surface area contributed by atoms with Crippen molar-refractivity contribution in [3.63, 3.8) is 0 Å². The van der Waals surface area contributed by atoms with Crippen LogP contribution in [0.4, 0.5) is 0 Å². The molecular weight excluding hydrogens is 224 g/mol. The molecule has 0 spiro atoms. The molecular formula is C16H20O2. The maximum Gasteiger partial charge on any atom is 0.203 e. The third-order valence-corrected chi connectivity index (χ3v) is 3.02. The summed E-state index contributed by atoms with van der Waals surface area (Å²) in [5.74, 6) is 0.516. The van der Waals surface area contributed by atoms with Crippen molar-refractivity contribution in [3.05, 3.63) is 35.6 Å². The molecule has 0 atom stereocenters. The summed E-state index contributed by atoms with van der Waals surface area (Å²) < 4.78 is 5.64. The first kappa shape index (κ1) is 12.9. The lowest BCUT2D eigenvalue weighted by Gasteiger charge is -2.13. The highest BCUT2D eigenvalue weighted by atomic mass is 16.3. The molecule has 0 N–H and O–H groups in total. The van der Waals surface area contributed by atoms with Gasteiger partial charge in [0.05, 0.1) is 0 Å². The first-order chi connectivity index (χ1) is 8.41. The third-order valence-electron chi connectivity index (χ3n) is 3.02. The van der Waals surface area contributed by atoms with Crippen molar-refractivity contribution in [1.82, 2.24) is 0 Å². The zero-order chi connectivity index (χ0) is 13.3. The summed E-state index contributed by atoms with van der Waals surface area (Å²) in [5, 5.41) is 1.02. The Hall–Kier alpha value is -1.57. The van der Waals surface area contributed by atoms with Crippen LogP contribution in [-0.2, 0) is 6.42 Å². The SMILES string of the molecule is CCCc1ccc2oc(C(=O)C(C)(C)C)cc2c1. The van der Waals surface area contributed by atoms with Crippen molar-refractivity contribution < 1.29 is 9.21 Å². The van der Waals surface area contributed by atoms with Gasteiger partial charge < -0.3 is 4.42 Å². The highest BCUT2D eigenvalue weighted by Gasteiger charge is 2.26. The molecule has 0 aliphatic rings. The summed E-state index contributed by atoms with van der Waals surface area (Å²) >= 11 is 0. The lowest BCUT2D eigenvalue weighted by Crippen LogP contribution is -2.19. The van der Waals surface area contributed by atoms with E-state index < -0.39 is 5.41 Å². The van der Waals surface area contributed by atoms with Crippen LogP contribution in [-0.4, -0.2) is 5.78 Å². The molecule has 0 saturated heterocycles. The van der Waals surface area contributed by atoms with Gasteiger partial charge in [0.2, 0.25) is 5.78 Å². The summed E-state index contributed by atoms with van der Waals surface area (Å²) in [4.78, 5) is 12.2. The second-order valence-corrected chi connectivity index (χ2v) is 5.81. The van der Waals surface area contributed by atoms with E-state index in [-0.39, 0.29) is 5.78 Å². The number of furan rings is 1. The molecule has 2 heteroatoms. The van der Waals surface area contributed by atoms with E-state index in [1.165, 1.54) is 5.56 Å². The summed E-state index contributed by atoms with van der Waals surface area (Å²) in [6.45, 7) is 7.88. The summed E-state index contributed by atoms with van der Waals surface area (Å²) in [5.41, 5.74) is 1.68. The fraction of sp³-hybridized carbons (Fsp3) is 0.438. The maximum atomic E-state index is 12.2. The first-order valence-corrected chi connectivity index (χ1v) is 6.49.